The van der Waals surface area contributed by atoms with E-state index in [1.165, 1.54) is 0 Å². The quantitative estimate of drug-likeness (QED) is 0.935. The lowest BCUT2D eigenvalue weighted by Crippen LogP contribution is -2.14. The zero-order valence-electron chi connectivity index (χ0n) is 11.4. The predicted molar refractivity (Wildman–Crippen MR) is 77.1 cm³/mol. The zero-order chi connectivity index (χ0) is 14.0. The molecule has 0 amide bonds. The molecule has 1 aromatic carbocycles. The molecule has 5 heteroatoms. The van der Waals surface area contributed by atoms with Crippen LogP contribution in [0.4, 0.5) is 0 Å². The molecule has 0 unspecified atom stereocenters. The molecule has 0 aliphatic heterocycles. The van der Waals surface area contributed by atoms with Gasteiger partial charge in [-0.25, -0.2) is 4.98 Å². The lowest BCUT2D eigenvalue weighted by Gasteiger charge is -2.16. The fraction of sp³-hybridized carbons (Fsp3) is 0.357. The maximum absolute atomic E-state index is 6.13. The monoisotopic (exact) mass is 279 g/mol. The minimum atomic E-state index is -0.0526. The van der Waals surface area contributed by atoms with Gasteiger partial charge in [-0.3, -0.25) is 4.57 Å². The molecule has 1 atom stereocenters. The summed E-state index contributed by atoms with van der Waals surface area (Å²) >= 11 is 6.13. The summed E-state index contributed by atoms with van der Waals surface area (Å²) in [6.45, 7) is 4.01. The number of hydrogen-bond donors (Lipinski definition) is 1. The van der Waals surface area contributed by atoms with Gasteiger partial charge in [0.1, 0.15) is 5.75 Å². The second-order valence-corrected chi connectivity index (χ2v) is 4.88. The standard InChI is InChI=1S/C14H18ClN3O/c1-4-11(16)13-7-17-8-18(13)12-5-9(2)10(15)6-14(12)19-3/h5-8,11H,4,16H2,1-3H3/t11-/m1/s1. The van der Waals surface area contributed by atoms with E-state index in [9.17, 15) is 0 Å². The molecule has 0 bridgehead atoms. The fourth-order valence-electron chi connectivity index (χ4n) is 1.99. The molecular formula is C14H18ClN3O. The second-order valence-electron chi connectivity index (χ2n) is 4.48. The summed E-state index contributed by atoms with van der Waals surface area (Å²) < 4.78 is 7.35. The number of methoxy groups -OCH3 is 1. The van der Waals surface area contributed by atoms with Gasteiger partial charge in [0, 0.05) is 17.1 Å². The molecule has 0 fully saturated rings. The number of aromatic nitrogens is 2. The summed E-state index contributed by atoms with van der Waals surface area (Å²) in [5.41, 5.74) is 8.96. The summed E-state index contributed by atoms with van der Waals surface area (Å²) in [6.07, 6.45) is 4.38. The number of benzene rings is 1. The maximum Gasteiger partial charge on any atom is 0.144 e. The Hall–Kier alpha value is -1.52. The SMILES string of the molecule is CC[C@@H](N)c1cncn1-c1cc(C)c(Cl)cc1OC. The first-order valence-electron chi connectivity index (χ1n) is 6.20. The van der Waals surface area contributed by atoms with Crippen molar-refractivity contribution in [3.63, 3.8) is 0 Å². The van der Waals surface area contributed by atoms with Crippen LogP contribution in [0.2, 0.25) is 5.02 Å². The highest BCUT2D eigenvalue weighted by molar-refractivity contribution is 6.31. The lowest BCUT2D eigenvalue weighted by molar-refractivity contribution is 0.412. The highest BCUT2D eigenvalue weighted by atomic mass is 35.5. The van der Waals surface area contributed by atoms with E-state index in [0.717, 1.165) is 23.4 Å². The van der Waals surface area contributed by atoms with E-state index in [4.69, 9.17) is 22.1 Å². The molecule has 4 nitrogen and oxygen atoms in total. The number of imidazole rings is 1. The first-order valence-corrected chi connectivity index (χ1v) is 6.58. The average Bonchev–Trinajstić information content (AvgIpc) is 2.89. The molecule has 1 aromatic heterocycles. The molecule has 0 aliphatic rings. The van der Waals surface area contributed by atoms with Crippen LogP contribution < -0.4 is 10.5 Å². The van der Waals surface area contributed by atoms with Crippen molar-refractivity contribution in [2.45, 2.75) is 26.3 Å². The maximum atomic E-state index is 6.13. The molecule has 0 aliphatic carbocycles. The fourth-order valence-corrected chi connectivity index (χ4v) is 2.14. The molecule has 0 spiro atoms. The van der Waals surface area contributed by atoms with Gasteiger partial charge in [0.25, 0.3) is 0 Å². The van der Waals surface area contributed by atoms with Gasteiger partial charge < -0.3 is 10.5 Å². The summed E-state index contributed by atoms with van der Waals surface area (Å²) in [4.78, 5) is 4.19. The van der Waals surface area contributed by atoms with Crippen molar-refractivity contribution in [1.82, 2.24) is 9.55 Å². The van der Waals surface area contributed by atoms with Crippen molar-refractivity contribution >= 4 is 11.6 Å². The van der Waals surface area contributed by atoms with E-state index in [2.05, 4.69) is 4.98 Å². The van der Waals surface area contributed by atoms with E-state index in [0.29, 0.717) is 10.8 Å². The summed E-state index contributed by atoms with van der Waals surface area (Å²) in [5.74, 6) is 0.707. The van der Waals surface area contributed by atoms with Crippen molar-refractivity contribution in [2.24, 2.45) is 5.73 Å². The number of nitrogens with zero attached hydrogens (tertiary/aromatic N) is 2. The van der Waals surface area contributed by atoms with E-state index in [-0.39, 0.29) is 6.04 Å². The molecule has 102 valence electrons. The Balaban J connectivity index is 2.59. The van der Waals surface area contributed by atoms with Gasteiger partial charge in [-0.1, -0.05) is 18.5 Å². The number of aryl methyl sites for hydroxylation is 1. The van der Waals surface area contributed by atoms with Gasteiger partial charge in [-0.15, -0.1) is 0 Å². The molecule has 2 N–H and O–H groups in total. The van der Waals surface area contributed by atoms with Crippen molar-refractivity contribution in [3.8, 4) is 11.4 Å². The number of ether oxygens (including phenoxy) is 1. The highest BCUT2D eigenvalue weighted by Gasteiger charge is 2.15. The van der Waals surface area contributed by atoms with E-state index < -0.39 is 0 Å². The van der Waals surface area contributed by atoms with Crippen LogP contribution in [0.1, 0.15) is 30.6 Å². The minimum Gasteiger partial charge on any atom is -0.495 e. The molecule has 19 heavy (non-hydrogen) atoms. The Morgan fingerprint density at radius 1 is 1.47 bits per heavy atom. The molecule has 0 saturated carbocycles. The molecule has 0 radical (unpaired) electrons. The van der Waals surface area contributed by atoms with Crippen LogP contribution in [0.15, 0.2) is 24.7 Å². The largest absolute Gasteiger partial charge is 0.495 e. The second kappa shape index (κ2) is 5.63. The predicted octanol–water partition coefficient (Wildman–Crippen LogP) is 3.25. The minimum absolute atomic E-state index is 0.0526. The third-order valence-corrected chi connectivity index (χ3v) is 3.61. The van der Waals surface area contributed by atoms with Crippen LogP contribution in [0.3, 0.4) is 0 Å². The van der Waals surface area contributed by atoms with Gasteiger partial charge in [0.15, 0.2) is 0 Å². The number of rotatable bonds is 4. The molecule has 0 saturated heterocycles. The lowest BCUT2D eigenvalue weighted by atomic mass is 10.1. The Bertz CT molecular complexity index is 580. The van der Waals surface area contributed by atoms with Crippen LogP contribution in [0.25, 0.3) is 5.69 Å². The summed E-state index contributed by atoms with van der Waals surface area (Å²) in [6, 6.07) is 3.74. The van der Waals surface area contributed by atoms with Gasteiger partial charge >= 0.3 is 0 Å². The van der Waals surface area contributed by atoms with Gasteiger partial charge in [0.2, 0.25) is 0 Å². The molecule has 2 rings (SSSR count). The number of halogens is 1. The number of hydrogen-bond acceptors (Lipinski definition) is 3. The van der Waals surface area contributed by atoms with Crippen molar-refractivity contribution < 1.29 is 4.74 Å². The van der Waals surface area contributed by atoms with Gasteiger partial charge in [0.05, 0.1) is 31.0 Å². The third-order valence-electron chi connectivity index (χ3n) is 3.21. The Labute approximate surface area is 118 Å². The zero-order valence-corrected chi connectivity index (χ0v) is 12.1. The van der Waals surface area contributed by atoms with E-state index >= 15 is 0 Å². The third kappa shape index (κ3) is 2.60. The smallest absolute Gasteiger partial charge is 0.144 e. The Morgan fingerprint density at radius 3 is 2.84 bits per heavy atom. The van der Waals surface area contributed by atoms with Crippen molar-refractivity contribution in [2.75, 3.05) is 7.11 Å². The number of nitrogens with two attached hydrogens (primary N) is 1. The summed E-state index contributed by atoms with van der Waals surface area (Å²) in [7, 11) is 1.63. The average molecular weight is 280 g/mol. The first kappa shape index (κ1) is 13.9. The Morgan fingerprint density at radius 2 is 2.21 bits per heavy atom. The van der Waals surface area contributed by atoms with Crippen molar-refractivity contribution in [1.29, 1.82) is 0 Å². The normalized spacial score (nSPS) is 12.5. The van der Waals surface area contributed by atoms with E-state index in [1.54, 1.807) is 19.6 Å². The van der Waals surface area contributed by atoms with Crippen LogP contribution in [0, 0.1) is 6.92 Å². The highest BCUT2D eigenvalue weighted by Crippen LogP contribution is 2.31. The Kier molecular flexibility index (Phi) is 4.12. The van der Waals surface area contributed by atoms with Crippen LogP contribution in [-0.2, 0) is 0 Å². The topological polar surface area (TPSA) is 53.1 Å². The summed E-state index contributed by atoms with van der Waals surface area (Å²) in [5, 5.41) is 0.682. The van der Waals surface area contributed by atoms with Gasteiger partial charge in [-0.05, 0) is 25.0 Å². The van der Waals surface area contributed by atoms with Crippen LogP contribution >= 0.6 is 11.6 Å². The van der Waals surface area contributed by atoms with E-state index in [1.807, 2.05) is 30.5 Å². The molecule has 2 aromatic rings. The van der Waals surface area contributed by atoms with Gasteiger partial charge in [-0.2, -0.15) is 0 Å². The molecular weight excluding hydrogens is 262 g/mol. The first-order chi connectivity index (χ1) is 9.08. The van der Waals surface area contributed by atoms with Crippen LogP contribution in [-0.4, -0.2) is 16.7 Å². The van der Waals surface area contributed by atoms with Crippen molar-refractivity contribution in [3.05, 3.63) is 40.9 Å². The molecule has 1 heterocycles. The van der Waals surface area contributed by atoms with Crippen LogP contribution in [0.5, 0.6) is 5.75 Å².